The second-order valence-electron chi connectivity index (χ2n) is 5.66. The van der Waals surface area contributed by atoms with Crippen LogP contribution in [0.15, 0.2) is 16.6 Å². The normalized spacial score (nSPS) is 14.5. The first-order valence-corrected chi connectivity index (χ1v) is 8.96. The molecule has 1 heterocycles. The van der Waals surface area contributed by atoms with Crippen LogP contribution in [-0.2, 0) is 11.2 Å². The summed E-state index contributed by atoms with van der Waals surface area (Å²) in [6.45, 7) is 3.93. The van der Waals surface area contributed by atoms with Crippen molar-refractivity contribution in [2.75, 3.05) is 47.0 Å². The first kappa shape index (κ1) is 18.9. The summed E-state index contributed by atoms with van der Waals surface area (Å²) in [5, 5.41) is 2.77. The highest BCUT2D eigenvalue weighted by molar-refractivity contribution is 9.10. The minimum Gasteiger partial charge on any atom is -0.496 e. The minimum atomic E-state index is -0.378. The molecule has 1 aliphatic rings. The number of hydrogen-bond acceptors (Lipinski definition) is 5. The number of carbonyl (C=O) groups is 1. The third kappa shape index (κ3) is 5.56. The molecule has 1 aromatic carbocycles. The van der Waals surface area contributed by atoms with E-state index >= 15 is 0 Å². The molecular weight excluding hydrogens is 376 g/mol. The number of likely N-dealkylation sites (tertiary alicyclic amines) is 1. The van der Waals surface area contributed by atoms with Gasteiger partial charge in [-0.3, -0.25) is 4.90 Å². The zero-order chi connectivity index (χ0) is 17.4. The summed E-state index contributed by atoms with van der Waals surface area (Å²) in [7, 11) is 3.24. The van der Waals surface area contributed by atoms with E-state index in [1.54, 1.807) is 14.2 Å². The van der Waals surface area contributed by atoms with Crippen LogP contribution in [0.2, 0.25) is 0 Å². The zero-order valence-corrected chi connectivity index (χ0v) is 15.9. The molecule has 0 atom stereocenters. The highest BCUT2D eigenvalue weighted by atomic mass is 79.9. The van der Waals surface area contributed by atoms with E-state index in [-0.39, 0.29) is 6.09 Å². The molecule has 1 fully saturated rings. The maximum absolute atomic E-state index is 11.7. The number of hydrogen-bond donors (Lipinski definition) is 1. The van der Waals surface area contributed by atoms with Gasteiger partial charge in [0.2, 0.25) is 0 Å². The van der Waals surface area contributed by atoms with Crippen LogP contribution in [0, 0.1) is 0 Å². The number of halogens is 1. The van der Waals surface area contributed by atoms with Crippen molar-refractivity contribution in [2.45, 2.75) is 19.3 Å². The number of ether oxygens (including phenoxy) is 3. The van der Waals surface area contributed by atoms with Gasteiger partial charge >= 0.3 is 6.09 Å². The summed E-state index contributed by atoms with van der Waals surface area (Å²) in [5.74, 6) is 1.49. The van der Waals surface area contributed by atoms with E-state index in [4.69, 9.17) is 14.2 Å². The third-order valence-electron chi connectivity index (χ3n) is 4.06. The summed E-state index contributed by atoms with van der Waals surface area (Å²) in [4.78, 5) is 14.0. The molecule has 6 nitrogen and oxygen atoms in total. The van der Waals surface area contributed by atoms with Gasteiger partial charge in [0.25, 0.3) is 0 Å². The molecule has 0 unspecified atom stereocenters. The third-order valence-corrected chi connectivity index (χ3v) is 4.68. The molecule has 0 aromatic heterocycles. The number of methoxy groups -OCH3 is 2. The molecule has 0 spiro atoms. The second-order valence-corrected chi connectivity index (χ2v) is 6.51. The van der Waals surface area contributed by atoms with Crippen molar-refractivity contribution in [3.8, 4) is 11.5 Å². The van der Waals surface area contributed by atoms with Crippen LogP contribution < -0.4 is 14.8 Å². The van der Waals surface area contributed by atoms with Crippen molar-refractivity contribution in [3.63, 3.8) is 0 Å². The van der Waals surface area contributed by atoms with E-state index in [0.29, 0.717) is 19.6 Å². The van der Waals surface area contributed by atoms with Gasteiger partial charge in [-0.15, -0.1) is 0 Å². The first-order valence-electron chi connectivity index (χ1n) is 8.17. The SMILES string of the molecule is COc1cc(CCNC(=O)OCCN2CCCC2)c(OC)cc1Br. The highest BCUT2D eigenvalue weighted by Gasteiger charge is 2.12. The Morgan fingerprint density at radius 2 is 1.92 bits per heavy atom. The molecule has 0 aliphatic carbocycles. The molecule has 134 valence electrons. The number of amides is 1. The van der Waals surface area contributed by atoms with Gasteiger partial charge in [0.05, 0.1) is 18.7 Å². The van der Waals surface area contributed by atoms with Gasteiger partial charge in [-0.05, 0) is 66.0 Å². The molecule has 1 aliphatic heterocycles. The molecule has 0 bridgehead atoms. The van der Waals surface area contributed by atoms with Crippen molar-refractivity contribution in [1.82, 2.24) is 10.2 Å². The number of nitrogens with one attached hydrogen (secondary N) is 1. The Morgan fingerprint density at radius 3 is 2.58 bits per heavy atom. The van der Waals surface area contributed by atoms with Gasteiger partial charge in [-0.25, -0.2) is 4.79 Å². The van der Waals surface area contributed by atoms with E-state index in [1.807, 2.05) is 12.1 Å². The lowest BCUT2D eigenvalue weighted by Crippen LogP contribution is -2.30. The van der Waals surface area contributed by atoms with Crippen LogP contribution in [-0.4, -0.2) is 58.0 Å². The number of benzene rings is 1. The zero-order valence-electron chi connectivity index (χ0n) is 14.3. The van der Waals surface area contributed by atoms with Gasteiger partial charge in [0.1, 0.15) is 18.1 Å². The van der Waals surface area contributed by atoms with Gasteiger partial charge in [-0.2, -0.15) is 0 Å². The van der Waals surface area contributed by atoms with Crippen molar-refractivity contribution in [1.29, 1.82) is 0 Å². The van der Waals surface area contributed by atoms with Crippen LogP contribution in [0.3, 0.4) is 0 Å². The molecule has 1 amide bonds. The molecule has 0 radical (unpaired) electrons. The van der Waals surface area contributed by atoms with E-state index in [9.17, 15) is 4.79 Å². The summed E-state index contributed by atoms with van der Waals surface area (Å²) < 4.78 is 16.7. The average molecular weight is 401 g/mol. The Kier molecular flexibility index (Phi) is 7.65. The largest absolute Gasteiger partial charge is 0.496 e. The molecule has 24 heavy (non-hydrogen) atoms. The van der Waals surface area contributed by atoms with Crippen LogP contribution in [0.5, 0.6) is 11.5 Å². The van der Waals surface area contributed by atoms with E-state index in [1.165, 1.54) is 12.8 Å². The Morgan fingerprint density at radius 1 is 1.21 bits per heavy atom. The Bertz CT molecular complexity index is 548. The lowest BCUT2D eigenvalue weighted by atomic mass is 10.1. The summed E-state index contributed by atoms with van der Waals surface area (Å²) in [6, 6.07) is 3.77. The fraction of sp³-hybridized carbons (Fsp3) is 0.588. The van der Waals surface area contributed by atoms with Crippen molar-refractivity contribution < 1.29 is 19.0 Å². The van der Waals surface area contributed by atoms with Crippen LogP contribution in [0.25, 0.3) is 0 Å². The Balaban J connectivity index is 1.73. The summed E-state index contributed by atoms with van der Waals surface area (Å²) >= 11 is 3.43. The van der Waals surface area contributed by atoms with Gasteiger partial charge in [0, 0.05) is 13.1 Å². The van der Waals surface area contributed by atoms with Crippen LogP contribution in [0.4, 0.5) is 4.79 Å². The molecule has 0 saturated carbocycles. The predicted octanol–water partition coefficient (Wildman–Crippen LogP) is 2.83. The van der Waals surface area contributed by atoms with Gasteiger partial charge in [0.15, 0.2) is 0 Å². The van der Waals surface area contributed by atoms with E-state index < -0.39 is 0 Å². The fourth-order valence-corrected chi connectivity index (χ4v) is 3.23. The Labute approximate surface area is 151 Å². The second kappa shape index (κ2) is 9.74. The predicted molar refractivity (Wildman–Crippen MR) is 96.0 cm³/mol. The standard InChI is InChI=1S/C17H25BrN2O4/c1-22-15-12-14(18)16(23-2)11-13(15)5-6-19-17(21)24-10-9-20-7-3-4-8-20/h11-12H,3-10H2,1-2H3,(H,19,21). The molecule has 2 rings (SSSR count). The fourth-order valence-electron chi connectivity index (χ4n) is 2.74. The van der Waals surface area contributed by atoms with Crippen molar-refractivity contribution >= 4 is 22.0 Å². The lowest BCUT2D eigenvalue weighted by molar-refractivity contribution is 0.132. The molecule has 1 N–H and O–H groups in total. The number of rotatable bonds is 8. The van der Waals surface area contributed by atoms with Gasteiger partial charge < -0.3 is 19.5 Å². The number of alkyl carbamates (subject to hydrolysis) is 1. The molecular formula is C17H25BrN2O4. The number of carbonyl (C=O) groups excluding carboxylic acids is 1. The summed E-state index contributed by atoms with van der Waals surface area (Å²) in [6.07, 6.45) is 2.74. The van der Waals surface area contributed by atoms with Crippen molar-refractivity contribution in [2.24, 2.45) is 0 Å². The van der Waals surface area contributed by atoms with E-state index in [0.717, 1.165) is 41.2 Å². The first-order chi connectivity index (χ1) is 11.6. The van der Waals surface area contributed by atoms with Crippen LogP contribution in [0.1, 0.15) is 18.4 Å². The summed E-state index contributed by atoms with van der Waals surface area (Å²) in [5.41, 5.74) is 0.968. The molecule has 1 aromatic rings. The Hall–Kier alpha value is -1.47. The topological polar surface area (TPSA) is 60.0 Å². The maximum Gasteiger partial charge on any atom is 0.407 e. The molecule has 7 heteroatoms. The number of nitrogens with zero attached hydrogens (tertiary/aromatic N) is 1. The monoisotopic (exact) mass is 400 g/mol. The quantitative estimate of drug-likeness (QED) is 0.726. The van der Waals surface area contributed by atoms with Crippen LogP contribution >= 0.6 is 15.9 Å². The lowest BCUT2D eigenvalue weighted by Gasteiger charge is -2.15. The van der Waals surface area contributed by atoms with Gasteiger partial charge in [-0.1, -0.05) is 0 Å². The van der Waals surface area contributed by atoms with E-state index in [2.05, 4.69) is 26.1 Å². The smallest absolute Gasteiger partial charge is 0.407 e. The maximum atomic E-state index is 11.7. The molecule has 1 saturated heterocycles. The highest BCUT2D eigenvalue weighted by Crippen LogP contribution is 2.32. The minimum absolute atomic E-state index is 0.378. The van der Waals surface area contributed by atoms with Crippen molar-refractivity contribution in [3.05, 3.63) is 22.2 Å². The average Bonchev–Trinajstić information content (AvgIpc) is 3.09.